The Bertz CT molecular complexity index is 215. The molecule has 12 heavy (non-hydrogen) atoms. The molecule has 0 fully saturated rings. The highest BCUT2D eigenvalue weighted by atomic mass is 35.5. The van der Waals surface area contributed by atoms with Crippen molar-refractivity contribution in [1.29, 1.82) is 0 Å². The molecule has 0 saturated heterocycles. The van der Waals surface area contributed by atoms with Crippen LogP contribution in [0.4, 0.5) is 0 Å². The second kappa shape index (κ2) is 6.09. The second-order valence-corrected chi connectivity index (χ2v) is 3.19. The number of halogens is 2. The molecule has 0 aliphatic rings. The van der Waals surface area contributed by atoms with Crippen LogP contribution in [-0.2, 0) is 9.53 Å². The Kier molecular flexibility index (Phi) is 5.85. The summed E-state index contributed by atoms with van der Waals surface area (Å²) in [7, 11) is 0. The van der Waals surface area contributed by atoms with Crippen LogP contribution in [0.2, 0.25) is 0 Å². The molecule has 2 nitrogen and oxygen atoms in total. The highest BCUT2D eigenvalue weighted by molar-refractivity contribution is 6.56. The molecular formula is C8H10Cl2O2. The van der Waals surface area contributed by atoms with Crippen molar-refractivity contribution in [3.63, 3.8) is 0 Å². The zero-order valence-electron chi connectivity index (χ0n) is 6.93. The third-order valence-electron chi connectivity index (χ3n) is 1.03. The molecular weight excluding hydrogens is 199 g/mol. The van der Waals surface area contributed by atoms with Crippen LogP contribution in [0.3, 0.4) is 0 Å². The van der Waals surface area contributed by atoms with E-state index in [-0.39, 0.29) is 17.1 Å². The van der Waals surface area contributed by atoms with Crippen LogP contribution in [0, 0.1) is 0 Å². The lowest BCUT2D eigenvalue weighted by atomic mass is 10.3. The van der Waals surface area contributed by atoms with Gasteiger partial charge in [-0.3, -0.25) is 4.79 Å². The number of rotatable bonds is 3. The van der Waals surface area contributed by atoms with Crippen molar-refractivity contribution in [2.24, 2.45) is 0 Å². The summed E-state index contributed by atoms with van der Waals surface area (Å²) >= 11 is 10.8. The first-order chi connectivity index (χ1) is 5.52. The number of ether oxygens (including phenoxy) is 1. The van der Waals surface area contributed by atoms with Gasteiger partial charge in [-0.15, -0.1) is 0 Å². The third kappa shape index (κ3) is 7.63. The minimum absolute atomic E-state index is 0.187. The number of carbonyl (C=O) groups excluding carboxylic acids is 1. The van der Waals surface area contributed by atoms with Crippen molar-refractivity contribution in [3.05, 3.63) is 22.2 Å². The van der Waals surface area contributed by atoms with E-state index in [9.17, 15) is 4.79 Å². The molecule has 0 aromatic rings. The van der Waals surface area contributed by atoms with Gasteiger partial charge in [0.15, 0.2) is 0 Å². The van der Waals surface area contributed by atoms with Crippen molar-refractivity contribution < 1.29 is 9.53 Å². The molecule has 0 unspecified atom stereocenters. The monoisotopic (exact) mass is 208 g/mol. The summed E-state index contributed by atoms with van der Waals surface area (Å²) in [6, 6.07) is 0. The van der Waals surface area contributed by atoms with E-state index in [0.29, 0.717) is 0 Å². The van der Waals surface area contributed by atoms with Gasteiger partial charge in [0.05, 0.1) is 0 Å². The molecule has 0 N–H and O–H groups in total. The lowest BCUT2D eigenvalue weighted by Gasteiger charge is -1.96. The molecule has 0 aliphatic carbocycles. The molecule has 0 atom stereocenters. The quantitative estimate of drug-likeness (QED) is 0.527. The van der Waals surface area contributed by atoms with Crippen LogP contribution in [-0.4, -0.2) is 12.6 Å². The summed E-state index contributed by atoms with van der Waals surface area (Å²) in [4.78, 5) is 10.3. The van der Waals surface area contributed by atoms with Crippen LogP contribution in [0.1, 0.15) is 13.8 Å². The molecule has 0 heterocycles. The standard InChI is InChI=1S/C8H10Cl2O2/c1-6(5-8(9)10)3-4-12-7(2)11/h3,5H,4H2,1-2H3/b6-3+. The molecule has 0 spiro atoms. The molecule has 0 aromatic carbocycles. The van der Waals surface area contributed by atoms with E-state index in [2.05, 4.69) is 4.74 Å². The minimum Gasteiger partial charge on any atom is -0.462 e. The van der Waals surface area contributed by atoms with Crippen LogP contribution < -0.4 is 0 Å². The second-order valence-electron chi connectivity index (χ2n) is 2.18. The highest BCUT2D eigenvalue weighted by Crippen LogP contribution is 2.10. The number of carbonyl (C=O) groups is 1. The average Bonchev–Trinajstić information content (AvgIpc) is 1.84. The summed E-state index contributed by atoms with van der Waals surface area (Å²) < 4.78 is 4.85. The van der Waals surface area contributed by atoms with Gasteiger partial charge in [0.1, 0.15) is 11.1 Å². The van der Waals surface area contributed by atoms with Gasteiger partial charge >= 0.3 is 5.97 Å². The maximum atomic E-state index is 10.3. The first kappa shape index (κ1) is 11.5. The molecule has 68 valence electrons. The van der Waals surface area contributed by atoms with Gasteiger partial charge < -0.3 is 4.74 Å². The Morgan fingerprint density at radius 1 is 1.42 bits per heavy atom. The topological polar surface area (TPSA) is 26.3 Å². The van der Waals surface area contributed by atoms with Gasteiger partial charge in [0.25, 0.3) is 0 Å². The summed E-state index contributed by atoms with van der Waals surface area (Å²) in [5.74, 6) is -0.306. The molecule has 0 rings (SSSR count). The third-order valence-corrected chi connectivity index (χ3v) is 1.25. The van der Waals surface area contributed by atoms with Gasteiger partial charge in [-0.1, -0.05) is 23.2 Å². The predicted octanol–water partition coefficient (Wildman–Crippen LogP) is 2.81. The average molecular weight is 209 g/mol. The molecule has 0 radical (unpaired) electrons. The van der Waals surface area contributed by atoms with Crippen LogP contribution in [0.5, 0.6) is 0 Å². The molecule has 0 bridgehead atoms. The summed E-state index contributed by atoms with van der Waals surface area (Å²) in [6.45, 7) is 3.42. The minimum atomic E-state index is -0.306. The van der Waals surface area contributed by atoms with Gasteiger partial charge in [0.2, 0.25) is 0 Å². The van der Waals surface area contributed by atoms with E-state index < -0.39 is 0 Å². The van der Waals surface area contributed by atoms with Crippen molar-refractivity contribution in [1.82, 2.24) is 0 Å². The largest absolute Gasteiger partial charge is 0.462 e. The van der Waals surface area contributed by atoms with Crippen LogP contribution in [0.25, 0.3) is 0 Å². The maximum Gasteiger partial charge on any atom is 0.302 e. The van der Waals surface area contributed by atoms with E-state index in [4.69, 9.17) is 23.2 Å². The summed E-state index contributed by atoms with van der Waals surface area (Å²) in [5.41, 5.74) is 0.858. The lowest BCUT2D eigenvalue weighted by Crippen LogP contribution is -1.97. The van der Waals surface area contributed by atoms with Crippen molar-refractivity contribution in [3.8, 4) is 0 Å². The first-order valence-corrected chi connectivity index (χ1v) is 4.11. The number of allylic oxidation sites excluding steroid dienone is 2. The smallest absolute Gasteiger partial charge is 0.302 e. The molecule has 4 heteroatoms. The molecule has 0 aliphatic heterocycles. The Hall–Kier alpha value is -0.470. The van der Waals surface area contributed by atoms with Crippen LogP contribution in [0.15, 0.2) is 22.2 Å². The number of hydrogen-bond acceptors (Lipinski definition) is 2. The lowest BCUT2D eigenvalue weighted by molar-refractivity contribution is -0.139. The molecule has 0 saturated carbocycles. The summed E-state index contributed by atoms with van der Waals surface area (Å²) in [6.07, 6.45) is 3.29. The Morgan fingerprint density at radius 2 is 2.00 bits per heavy atom. The van der Waals surface area contributed by atoms with E-state index in [1.165, 1.54) is 6.92 Å². The van der Waals surface area contributed by atoms with E-state index in [1.54, 1.807) is 12.2 Å². The molecule has 0 amide bonds. The predicted molar refractivity (Wildman–Crippen MR) is 50.2 cm³/mol. The Balaban J connectivity index is 3.85. The SMILES string of the molecule is CC(=O)OC/C=C(\C)C=C(Cl)Cl. The normalized spacial score (nSPS) is 10.8. The zero-order chi connectivity index (χ0) is 9.56. The number of hydrogen-bond donors (Lipinski definition) is 0. The Labute approximate surface area is 81.8 Å². The zero-order valence-corrected chi connectivity index (χ0v) is 8.45. The van der Waals surface area contributed by atoms with E-state index in [1.807, 2.05) is 6.92 Å². The maximum absolute atomic E-state index is 10.3. The van der Waals surface area contributed by atoms with Gasteiger partial charge in [-0.2, -0.15) is 0 Å². The Morgan fingerprint density at radius 3 is 2.42 bits per heavy atom. The fraction of sp³-hybridized carbons (Fsp3) is 0.375. The van der Waals surface area contributed by atoms with E-state index >= 15 is 0 Å². The van der Waals surface area contributed by atoms with Crippen molar-refractivity contribution in [2.45, 2.75) is 13.8 Å². The van der Waals surface area contributed by atoms with Gasteiger partial charge in [-0.25, -0.2) is 0 Å². The van der Waals surface area contributed by atoms with Gasteiger partial charge in [0, 0.05) is 6.92 Å². The highest BCUT2D eigenvalue weighted by Gasteiger charge is 1.90. The molecule has 0 aromatic heterocycles. The van der Waals surface area contributed by atoms with Crippen molar-refractivity contribution >= 4 is 29.2 Å². The van der Waals surface area contributed by atoms with Crippen LogP contribution >= 0.6 is 23.2 Å². The summed E-state index contributed by atoms with van der Waals surface area (Å²) in [5, 5.41) is 0. The fourth-order valence-corrected chi connectivity index (χ4v) is 0.866. The van der Waals surface area contributed by atoms with E-state index in [0.717, 1.165) is 5.57 Å². The first-order valence-electron chi connectivity index (χ1n) is 3.35. The number of esters is 1. The van der Waals surface area contributed by atoms with Crippen molar-refractivity contribution in [2.75, 3.05) is 6.61 Å². The fourth-order valence-electron chi connectivity index (χ4n) is 0.521. The van der Waals surface area contributed by atoms with Gasteiger partial charge in [-0.05, 0) is 24.6 Å².